The fourth-order valence-corrected chi connectivity index (χ4v) is 2.72. The monoisotopic (exact) mass is 304 g/mol. The SMILES string of the molecule is COc1c(O)cc(O)c2c1OCC(c1ccc(O)cc1)C2O. The predicted molar refractivity (Wildman–Crippen MR) is 77.6 cm³/mol. The molecule has 0 fully saturated rings. The second-order valence-electron chi connectivity index (χ2n) is 5.14. The summed E-state index contributed by atoms with van der Waals surface area (Å²) < 4.78 is 10.7. The number of ether oxygens (including phenoxy) is 2. The Morgan fingerprint density at radius 3 is 2.41 bits per heavy atom. The molecule has 1 aliphatic rings. The summed E-state index contributed by atoms with van der Waals surface area (Å²) in [5.74, 6) is -0.574. The van der Waals surface area contributed by atoms with Crippen LogP contribution in [0.25, 0.3) is 0 Å². The second kappa shape index (κ2) is 5.31. The number of fused-ring (bicyclic) bond motifs is 1. The van der Waals surface area contributed by atoms with Crippen molar-refractivity contribution in [1.29, 1.82) is 0 Å². The Morgan fingerprint density at radius 1 is 1.09 bits per heavy atom. The number of benzene rings is 2. The Kier molecular flexibility index (Phi) is 3.46. The zero-order valence-corrected chi connectivity index (χ0v) is 11.9. The van der Waals surface area contributed by atoms with E-state index in [0.29, 0.717) is 0 Å². The number of hydrogen-bond acceptors (Lipinski definition) is 6. The van der Waals surface area contributed by atoms with Crippen LogP contribution in [0.4, 0.5) is 0 Å². The zero-order chi connectivity index (χ0) is 15.9. The Morgan fingerprint density at radius 2 is 1.77 bits per heavy atom. The molecule has 2 aromatic rings. The van der Waals surface area contributed by atoms with Gasteiger partial charge in [-0.1, -0.05) is 12.1 Å². The predicted octanol–water partition coefficient (Wildman–Crippen LogP) is 2.02. The number of hydrogen-bond donors (Lipinski definition) is 4. The molecule has 0 saturated carbocycles. The standard InChI is InChI=1S/C16H16O6/c1-21-15-12(19)6-11(18)13-14(20)10(7-22-16(13)15)8-2-4-9(17)5-3-8/h2-6,10,14,17-20H,7H2,1H3. The number of aromatic hydroxyl groups is 3. The van der Waals surface area contributed by atoms with Crippen molar-refractivity contribution in [3.05, 3.63) is 41.5 Å². The van der Waals surface area contributed by atoms with Crippen molar-refractivity contribution in [2.24, 2.45) is 0 Å². The van der Waals surface area contributed by atoms with Crippen molar-refractivity contribution in [2.75, 3.05) is 13.7 Å². The molecular formula is C16H16O6. The normalized spacial score (nSPS) is 20.1. The zero-order valence-electron chi connectivity index (χ0n) is 11.9. The van der Waals surface area contributed by atoms with Crippen LogP contribution in [0.1, 0.15) is 23.1 Å². The minimum Gasteiger partial charge on any atom is -0.508 e. The van der Waals surface area contributed by atoms with Gasteiger partial charge in [0.1, 0.15) is 11.5 Å². The van der Waals surface area contributed by atoms with Crippen LogP contribution < -0.4 is 9.47 Å². The molecule has 2 unspecified atom stereocenters. The third kappa shape index (κ3) is 2.17. The lowest BCUT2D eigenvalue weighted by Crippen LogP contribution is -2.24. The minimum absolute atomic E-state index is 0.0796. The third-order valence-corrected chi connectivity index (χ3v) is 3.84. The summed E-state index contributed by atoms with van der Waals surface area (Å²) in [6.45, 7) is 0.151. The number of aliphatic hydroxyl groups excluding tert-OH is 1. The molecule has 2 atom stereocenters. The summed E-state index contributed by atoms with van der Waals surface area (Å²) in [4.78, 5) is 0. The van der Waals surface area contributed by atoms with Gasteiger partial charge in [0.15, 0.2) is 11.5 Å². The van der Waals surface area contributed by atoms with E-state index < -0.39 is 12.0 Å². The van der Waals surface area contributed by atoms with E-state index in [1.165, 1.54) is 19.2 Å². The smallest absolute Gasteiger partial charge is 0.203 e. The molecule has 0 aromatic heterocycles. The van der Waals surface area contributed by atoms with Crippen molar-refractivity contribution < 1.29 is 29.9 Å². The molecule has 0 bridgehead atoms. The van der Waals surface area contributed by atoms with E-state index in [2.05, 4.69) is 0 Å². The van der Waals surface area contributed by atoms with Crippen LogP contribution in [-0.2, 0) is 0 Å². The molecule has 2 aromatic carbocycles. The van der Waals surface area contributed by atoms with E-state index >= 15 is 0 Å². The summed E-state index contributed by atoms with van der Waals surface area (Å²) in [5, 5.41) is 39.8. The summed E-state index contributed by atoms with van der Waals surface area (Å²) in [6, 6.07) is 7.53. The van der Waals surface area contributed by atoms with Crippen LogP contribution in [0.15, 0.2) is 30.3 Å². The van der Waals surface area contributed by atoms with Gasteiger partial charge >= 0.3 is 0 Å². The number of rotatable bonds is 2. The quantitative estimate of drug-likeness (QED) is 0.677. The van der Waals surface area contributed by atoms with Gasteiger partial charge in [-0.15, -0.1) is 0 Å². The number of phenols is 3. The number of phenolic OH excluding ortho intramolecular Hbond substituents is 3. The summed E-state index contributed by atoms with van der Waals surface area (Å²) >= 11 is 0. The molecule has 0 saturated heterocycles. The molecular weight excluding hydrogens is 288 g/mol. The molecule has 0 radical (unpaired) electrons. The largest absolute Gasteiger partial charge is 0.508 e. The van der Waals surface area contributed by atoms with Gasteiger partial charge in [0, 0.05) is 12.0 Å². The topological polar surface area (TPSA) is 99.4 Å². The molecule has 6 heteroatoms. The highest BCUT2D eigenvalue weighted by Gasteiger charge is 2.36. The van der Waals surface area contributed by atoms with Crippen molar-refractivity contribution in [2.45, 2.75) is 12.0 Å². The lowest BCUT2D eigenvalue weighted by Gasteiger charge is -2.32. The van der Waals surface area contributed by atoms with Crippen LogP contribution >= 0.6 is 0 Å². The first-order valence-electron chi connectivity index (χ1n) is 6.75. The molecule has 4 N–H and O–H groups in total. The highest BCUT2D eigenvalue weighted by Crippen LogP contribution is 2.52. The van der Waals surface area contributed by atoms with Crippen molar-refractivity contribution in [3.63, 3.8) is 0 Å². The molecule has 0 spiro atoms. The molecule has 6 nitrogen and oxygen atoms in total. The molecule has 0 amide bonds. The van der Waals surface area contributed by atoms with Crippen LogP contribution in [0.5, 0.6) is 28.7 Å². The van der Waals surface area contributed by atoms with Gasteiger partial charge in [-0.2, -0.15) is 0 Å². The second-order valence-corrected chi connectivity index (χ2v) is 5.14. The summed E-state index contributed by atoms with van der Waals surface area (Å²) in [7, 11) is 1.37. The first-order chi connectivity index (χ1) is 10.5. The van der Waals surface area contributed by atoms with Crippen molar-refractivity contribution >= 4 is 0 Å². The summed E-state index contributed by atoms with van der Waals surface area (Å²) in [5.41, 5.74) is 0.946. The van der Waals surface area contributed by atoms with Gasteiger partial charge < -0.3 is 29.9 Å². The van der Waals surface area contributed by atoms with Crippen molar-refractivity contribution in [1.82, 2.24) is 0 Å². The van der Waals surface area contributed by atoms with Gasteiger partial charge in [0.25, 0.3) is 0 Å². The van der Waals surface area contributed by atoms with E-state index in [4.69, 9.17) is 9.47 Å². The Balaban J connectivity index is 2.06. The van der Waals surface area contributed by atoms with Gasteiger partial charge in [-0.05, 0) is 17.7 Å². The van der Waals surface area contributed by atoms with Crippen LogP contribution in [-0.4, -0.2) is 34.1 Å². The van der Waals surface area contributed by atoms with E-state index in [-0.39, 0.29) is 40.9 Å². The van der Waals surface area contributed by atoms with Crippen LogP contribution in [0, 0.1) is 0 Å². The first-order valence-corrected chi connectivity index (χ1v) is 6.75. The molecule has 116 valence electrons. The van der Waals surface area contributed by atoms with Gasteiger partial charge in [0.05, 0.1) is 25.4 Å². The lowest BCUT2D eigenvalue weighted by atomic mass is 9.86. The molecule has 0 aliphatic carbocycles. The van der Waals surface area contributed by atoms with E-state index in [9.17, 15) is 20.4 Å². The van der Waals surface area contributed by atoms with E-state index in [1.807, 2.05) is 0 Å². The van der Waals surface area contributed by atoms with Crippen LogP contribution in [0.3, 0.4) is 0 Å². The molecule has 1 heterocycles. The summed E-state index contributed by atoms with van der Waals surface area (Å²) in [6.07, 6.45) is -1.03. The first kappa shape index (κ1) is 14.3. The average Bonchev–Trinajstić information content (AvgIpc) is 2.48. The Labute approximate surface area is 126 Å². The maximum Gasteiger partial charge on any atom is 0.203 e. The number of methoxy groups -OCH3 is 1. The van der Waals surface area contributed by atoms with Gasteiger partial charge in [-0.25, -0.2) is 0 Å². The average molecular weight is 304 g/mol. The number of aliphatic hydroxyl groups is 1. The minimum atomic E-state index is -1.03. The Hall–Kier alpha value is -2.60. The fraction of sp³-hybridized carbons (Fsp3) is 0.250. The maximum absolute atomic E-state index is 10.6. The third-order valence-electron chi connectivity index (χ3n) is 3.84. The van der Waals surface area contributed by atoms with Gasteiger partial charge in [-0.3, -0.25) is 0 Å². The van der Waals surface area contributed by atoms with E-state index in [1.54, 1.807) is 12.1 Å². The highest BCUT2D eigenvalue weighted by atomic mass is 16.5. The highest BCUT2D eigenvalue weighted by molar-refractivity contribution is 5.62. The fourth-order valence-electron chi connectivity index (χ4n) is 2.72. The lowest BCUT2D eigenvalue weighted by molar-refractivity contribution is 0.0834. The molecule has 22 heavy (non-hydrogen) atoms. The molecule has 1 aliphatic heterocycles. The van der Waals surface area contributed by atoms with Crippen molar-refractivity contribution in [3.8, 4) is 28.7 Å². The molecule has 3 rings (SSSR count). The maximum atomic E-state index is 10.6. The Bertz CT molecular complexity index is 695. The van der Waals surface area contributed by atoms with Gasteiger partial charge in [0.2, 0.25) is 5.75 Å². The van der Waals surface area contributed by atoms with E-state index in [0.717, 1.165) is 11.6 Å². The van der Waals surface area contributed by atoms with Crippen LogP contribution in [0.2, 0.25) is 0 Å².